The molecule has 0 aromatic heterocycles. The number of carbonyl (C=O) groups excluding carboxylic acids is 1. The van der Waals surface area contributed by atoms with E-state index in [0.717, 1.165) is 0 Å². The van der Waals surface area contributed by atoms with Gasteiger partial charge in [0, 0.05) is 17.3 Å². The summed E-state index contributed by atoms with van der Waals surface area (Å²) < 4.78 is 36.6. The Morgan fingerprint density at radius 2 is 2.10 bits per heavy atom. The predicted octanol–water partition coefficient (Wildman–Crippen LogP) is 1.57. The minimum atomic E-state index is -0.923. The molecule has 0 saturated carbocycles. The van der Waals surface area contributed by atoms with Crippen LogP contribution in [0.15, 0.2) is 30.2 Å². The van der Waals surface area contributed by atoms with E-state index >= 15 is 0 Å². The third-order valence-corrected chi connectivity index (χ3v) is 0.985. The van der Waals surface area contributed by atoms with Crippen molar-refractivity contribution in [2.75, 3.05) is 0 Å². The van der Waals surface area contributed by atoms with E-state index in [1.54, 1.807) is 4.84 Å². The molecule has 1 amide bonds. The monoisotopic (exact) mass is 160 g/mol. The zero-order valence-electron chi connectivity index (χ0n) is 9.79. The van der Waals surface area contributed by atoms with Gasteiger partial charge in [-0.3, -0.25) is 9.63 Å². The van der Waals surface area contributed by atoms with E-state index in [1.807, 2.05) is 0 Å². The first kappa shape index (κ1) is 2.93. The second kappa shape index (κ2) is 3.22. The molecule has 1 N–H and O–H groups in total. The molecule has 52 valence electrons. The Morgan fingerprint density at radius 1 is 1.50 bits per heavy atom. The van der Waals surface area contributed by atoms with Gasteiger partial charge >= 0.3 is 0 Å². The number of rotatable bonds is 1. The van der Waals surface area contributed by atoms with Gasteiger partial charge in [-0.25, -0.2) is 0 Å². The quantitative estimate of drug-likeness (QED) is 0.621. The van der Waals surface area contributed by atoms with Gasteiger partial charge < -0.3 is 0 Å². The molecule has 1 aromatic carbocycles. The van der Waals surface area contributed by atoms with Crippen LogP contribution in [0.5, 0.6) is 0 Å². The summed E-state index contributed by atoms with van der Waals surface area (Å²) in [5, 5.41) is 0. The minimum absolute atomic E-state index is 0.462. The Hall–Kier alpha value is -1.02. The SMILES string of the molecule is [2H]c1c([2H])c([2H])c(C(=O)NCl)c([2H])c1[2H]. The van der Waals surface area contributed by atoms with Crippen LogP contribution < -0.4 is 4.84 Å². The lowest BCUT2D eigenvalue weighted by molar-refractivity contribution is 0.0982. The van der Waals surface area contributed by atoms with Gasteiger partial charge in [0.15, 0.2) is 0 Å². The molecule has 1 aromatic rings. The molecule has 0 aliphatic heterocycles. The Labute approximate surface area is 70.9 Å². The van der Waals surface area contributed by atoms with Crippen LogP contribution in [-0.2, 0) is 0 Å². The summed E-state index contributed by atoms with van der Waals surface area (Å²) in [5.41, 5.74) is -0.462. The lowest BCUT2D eigenvalue weighted by Crippen LogP contribution is -2.11. The van der Waals surface area contributed by atoms with E-state index in [4.69, 9.17) is 18.6 Å². The Kier molecular flexibility index (Phi) is 0.944. The topological polar surface area (TPSA) is 29.1 Å². The zero-order chi connectivity index (χ0) is 11.7. The van der Waals surface area contributed by atoms with Crippen molar-refractivity contribution < 1.29 is 11.6 Å². The fourth-order valence-corrected chi connectivity index (χ4v) is 0.505. The van der Waals surface area contributed by atoms with Crippen molar-refractivity contribution in [2.24, 2.45) is 0 Å². The van der Waals surface area contributed by atoms with Crippen LogP contribution in [0.2, 0.25) is 0 Å². The third kappa shape index (κ3) is 1.48. The number of hydrogen-bond acceptors (Lipinski definition) is 1. The van der Waals surface area contributed by atoms with Crippen LogP contribution in [0.3, 0.4) is 0 Å². The smallest absolute Gasteiger partial charge is 0.265 e. The molecule has 1 rings (SSSR count). The molecule has 0 unspecified atom stereocenters. The lowest BCUT2D eigenvalue weighted by atomic mass is 10.2. The van der Waals surface area contributed by atoms with Crippen molar-refractivity contribution in [3.8, 4) is 0 Å². The van der Waals surface area contributed by atoms with Crippen LogP contribution in [-0.4, -0.2) is 5.91 Å². The second-order valence-electron chi connectivity index (χ2n) is 1.42. The lowest BCUT2D eigenvalue weighted by Gasteiger charge is -1.94. The van der Waals surface area contributed by atoms with Crippen LogP contribution in [0.4, 0.5) is 0 Å². The molecule has 0 radical (unpaired) electrons. The molecule has 0 atom stereocenters. The maximum atomic E-state index is 11.2. The molecular weight excluding hydrogens is 150 g/mol. The third-order valence-electron chi connectivity index (χ3n) is 0.813. The fraction of sp³-hybridized carbons (Fsp3) is 0. The standard InChI is InChI=1S/C7H6ClNO/c8-9-7(10)6-4-2-1-3-5-6/h1-5H,(H,9,10)/i1D,2D,3D,4D,5D. The van der Waals surface area contributed by atoms with E-state index in [-0.39, 0.29) is 0 Å². The Morgan fingerprint density at radius 3 is 2.60 bits per heavy atom. The molecule has 0 heterocycles. The summed E-state index contributed by atoms with van der Waals surface area (Å²) >= 11 is 5.04. The Balaban J connectivity index is 3.60. The average molecular weight is 161 g/mol. The highest BCUT2D eigenvalue weighted by molar-refractivity contribution is 6.24. The predicted molar refractivity (Wildman–Crippen MR) is 39.8 cm³/mol. The number of benzene rings is 1. The molecule has 0 saturated heterocycles. The zero-order valence-corrected chi connectivity index (χ0v) is 5.54. The first-order chi connectivity index (χ1) is 6.91. The first-order valence-corrected chi connectivity index (χ1v) is 2.77. The molecule has 10 heavy (non-hydrogen) atoms. The summed E-state index contributed by atoms with van der Waals surface area (Å²) in [6.45, 7) is 0. The minimum Gasteiger partial charge on any atom is -0.268 e. The molecule has 0 aliphatic rings. The summed E-state index contributed by atoms with van der Waals surface area (Å²) in [7, 11) is 0. The van der Waals surface area contributed by atoms with Gasteiger partial charge in [0.05, 0.1) is 6.85 Å². The molecule has 2 nitrogen and oxygen atoms in total. The fourth-order valence-electron chi connectivity index (χ4n) is 0.411. The normalized spacial score (nSPS) is 15.9. The summed E-state index contributed by atoms with van der Waals surface area (Å²) in [5.74, 6) is -0.923. The van der Waals surface area contributed by atoms with Crippen LogP contribution in [0.1, 0.15) is 17.2 Å². The van der Waals surface area contributed by atoms with Gasteiger partial charge in [0.2, 0.25) is 0 Å². The van der Waals surface area contributed by atoms with Gasteiger partial charge in [0.1, 0.15) is 0 Å². The highest BCUT2D eigenvalue weighted by Gasteiger charge is 1.99. The number of amides is 1. The Bertz CT molecular complexity index is 407. The van der Waals surface area contributed by atoms with Crippen molar-refractivity contribution in [3.63, 3.8) is 0 Å². The van der Waals surface area contributed by atoms with Crippen molar-refractivity contribution in [2.45, 2.75) is 0 Å². The van der Waals surface area contributed by atoms with E-state index < -0.39 is 41.7 Å². The summed E-state index contributed by atoms with van der Waals surface area (Å²) in [6.07, 6.45) is 0. The largest absolute Gasteiger partial charge is 0.268 e. The maximum Gasteiger partial charge on any atom is 0.265 e. The first-order valence-electron chi connectivity index (χ1n) is 4.89. The summed E-state index contributed by atoms with van der Waals surface area (Å²) in [4.78, 5) is 12.9. The number of nitrogens with one attached hydrogen (secondary N) is 1. The van der Waals surface area contributed by atoms with Crippen molar-refractivity contribution >= 4 is 17.7 Å². The molecule has 3 heteroatoms. The van der Waals surface area contributed by atoms with Crippen LogP contribution in [0.25, 0.3) is 0 Å². The van der Waals surface area contributed by atoms with Crippen molar-refractivity contribution in [1.29, 1.82) is 0 Å². The van der Waals surface area contributed by atoms with E-state index in [1.165, 1.54) is 0 Å². The maximum absolute atomic E-state index is 11.2. The average Bonchev–Trinajstić information content (AvgIpc) is 2.23. The molecule has 0 spiro atoms. The summed E-state index contributed by atoms with van der Waals surface area (Å²) in [6, 6.07) is -2.81. The van der Waals surface area contributed by atoms with Gasteiger partial charge in [-0.15, -0.1) is 0 Å². The van der Waals surface area contributed by atoms with Crippen LogP contribution >= 0.6 is 11.8 Å². The second-order valence-corrected chi connectivity index (χ2v) is 1.61. The molecule has 0 aliphatic carbocycles. The van der Waals surface area contributed by atoms with Gasteiger partial charge in [-0.05, 0) is 12.1 Å². The van der Waals surface area contributed by atoms with Gasteiger partial charge in [-0.1, -0.05) is 18.1 Å². The number of halogens is 1. The van der Waals surface area contributed by atoms with E-state index in [2.05, 4.69) is 0 Å². The number of hydrogen-bond donors (Lipinski definition) is 1. The van der Waals surface area contributed by atoms with E-state index in [0.29, 0.717) is 0 Å². The highest BCUT2D eigenvalue weighted by Crippen LogP contribution is 1.97. The number of carbonyl (C=O) groups is 1. The highest BCUT2D eigenvalue weighted by atomic mass is 35.5. The van der Waals surface area contributed by atoms with Gasteiger partial charge in [-0.2, -0.15) is 0 Å². The molecule has 0 fully saturated rings. The van der Waals surface area contributed by atoms with Crippen LogP contribution in [0, 0.1) is 0 Å². The molecule has 0 bridgehead atoms. The molecular formula is C7H6ClNO. The van der Waals surface area contributed by atoms with Crippen molar-refractivity contribution in [3.05, 3.63) is 35.8 Å². The van der Waals surface area contributed by atoms with E-state index in [9.17, 15) is 4.79 Å². The van der Waals surface area contributed by atoms with Gasteiger partial charge in [0.25, 0.3) is 5.91 Å². The van der Waals surface area contributed by atoms with Crippen molar-refractivity contribution in [1.82, 2.24) is 4.84 Å².